The zero-order chi connectivity index (χ0) is 10.3. The van der Waals surface area contributed by atoms with Crippen LogP contribution < -0.4 is 11.2 Å². The molecule has 0 aliphatic rings. The van der Waals surface area contributed by atoms with Crippen molar-refractivity contribution in [1.82, 2.24) is 5.43 Å². The van der Waals surface area contributed by atoms with Crippen molar-refractivity contribution in [2.45, 2.75) is 26.7 Å². The second-order valence-corrected chi connectivity index (χ2v) is 2.92. The SMILES string of the molecule is C=C[C@H](C)C/C(CC)=N\NC(N)=O. The molecule has 0 aliphatic heterocycles. The molecule has 0 heterocycles. The molecule has 2 amide bonds. The average Bonchev–Trinajstić information content (AvgIpc) is 2.11. The number of nitrogens with two attached hydrogens (primary N) is 1. The highest BCUT2D eigenvalue weighted by molar-refractivity contribution is 5.85. The van der Waals surface area contributed by atoms with Crippen LogP contribution in [-0.4, -0.2) is 11.7 Å². The van der Waals surface area contributed by atoms with Crippen molar-refractivity contribution < 1.29 is 4.79 Å². The first-order chi connectivity index (χ1) is 6.10. The Morgan fingerprint density at radius 1 is 1.77 bits per heavy atom. The van der Waals surface area contributed by atoms with Gasteiger partial charge in [-0.15, -0.1) is 6.58 Å². The molecule has 0 aromatic heterocycles. The zero-order valence-electron chi connectivity index (χ0n) is 8.21. The Morgan fingerprint density at radius 3 is 2.77 bits per heavy atom. The Balaban J connectivity index is 4.08. The maximum absolute atomic E-state index is 10.4. The summed E-state index contributed by atoms with van der Waals surface area (Å²) in [6.45, 7) is 7.70. The number of carbonyl (C=O) groups is 1. The summed E-state index contributed by atoms with van der Waals surface area (Å²) in [5.41, 5.74) is 8.02. The van der Waals surface area contributed by atoms with Crippen molar-refractivity contribution in [3.63, 3.8) is 0 Å². The lowest BCUT2D eigenvalue weighted by Crippen LogP contribution is -2.26. The van der Waals surface area contributed by atoms with Crippen molar-refractivity contribution in [3.05, 3.63) is 12.7 Å². The molecule has 3 N–H and O–H groups in total. The van der Waals surface area contributed by atoms with Crippen molar-refractivity contribution in [2.24, 2.45) is 16.8 Å². The molecule has 0 aliphatic carbocycles. The maximum atomic E-state index is 10.4. The summed E-state index contributed by atoms with van der Waals surface area (Å²) in [6.07, 6.45) is 3.47. The Morgan fingerprint density at radius 2 is 2.38 bits per heavy atom. The van der Waals surface area contributed by atoms with Gasteiger partial charge < -0.3 is 5.73 Å². The molecule has 4 heteroatoms. The first-order valence-corrected chi connectivity index (χ1v) is 4.33. The van der Waals surface area contributed by atoms with E-state index in [0.29, 0.717) is 5.92 Å². The highest BCUT2D eigenvalue weighted by Crippen LogP contribution is 2.05. The monoisotopic (exact) mass is 183 g/mol. The summed E-state index contributed by atoms with van der Waals surface area (Å²) >= 11 is 0. The molecule has 74 valence electrons. The number of urea groups is 1. The third kappa shape index (κ3) is 5.90. The summed E-state index contributed by atoms with van der Waals surface area (Å²) in [4.78, 5) is 10.4. The molecule has 0 saturated carbocycles. The number of nitrogens with zero attached hydrogens (tertiary/aromatic N) is 1. The standard InChI is InChI=1S/C9H17N3O/c1-4-7(3)6-8(5-2)11-12-9(10)13/h4,7H,1,5-6H2,2-3H3,(H3,10,12,13)/b11-8-/t7-/m0/s1. The van der Waals surface area contributed by atoms with Gasteiger partial charge in [0.1, 0.15) is 0 Å². The topological polar surface area (TPSA) is 67.5 Å². The van der Waals surface area contributed by atoms with Crippen LogP contribution in [0.3, 0.4) is 0 Å². The number of primary amides is 1. The van der Waals surface area contributed by atoms with E-state index in [-0.39, 0.29) is 0 Å². The van der Waals surface area contributed by atoms with Gasteiger partial charge in [-0.05, 0) is 18.8 Å². The van der Waals surface area contributed by atoms with Crippen LogP contribution >= 0.6 is 0 Å². The molecular formula is C9H17N3O. The van der Waals surface area contributed by atoms with E-state index in [9.17, 15) is 4.79 Å². The number of rotatable bonds is 5. The van der Waals surface area contributed by atoms with Crippen LogP contribution in [0.5, 0.6) is 0 Å². The fourth-order valence-electron chi connectivity index (χ4n) is 0.858. The second-order valence-electron chi connectivity index (χ2n) is 2.92. The zero-order valence-corrected chi connectivity index (χ0v) is 8.21. The number of nitrogens with one attached hydrogen (secondary N) is 1. The van der Waals surface area contributed by atoms with E-state index in [4.69, 9.17) is 5.73 Å². The molecule has 13 heavy (non-hydrogen) atoms. The van der Waals surface area contributed by atoms with E-state index in [1.165, 1.54) is 0 Å². The Hall–Kier alpha value is -1.32. The predicted molar refractivity (Wildman–Crippen MR) is 54.4 cm³/mol. The lowest BCUT2D eigenvalue weighted by Gasteiger charge is -2.06. The van der Waals surface area contributed by atoms with Gasteiger partial charge in [0.2, 0.25) is 0 Å². The molecular weight excluding hydrogens is 166 g/mol. The summed E-state index contributed by atoms with van der Waals surface area (Å²) in [5.74, 6) is 0.369. The summed E-state index contributed by atoms with van der Waals surface area (Å²) in [7, 11) is 0. The normalized spacial score (nSPS) is 13.5. The number of hydrogen-bond donors (Lipinski definition) is 2. The molecule has 0 bridgehead atoms. The molecule has 0 rings (SSSR count). The summed E-state index contributed by atoms with van der Waals surface area (Å²) in [5, 5.41) is 3.87. The molecule has 0 aromatic rings. The fraction of sp³-hybridized carbons (Fsp3) is 0.556. The number of amides is 2. The van der Waals surface area contributed by atoms with Crippen LogP contribution in [0, 0.1) is 5.92 Å². The minimum atomic E-state index is -0.628. The average molecular weight is 183 g/mol. The molecule has 0 fully saturated rings. The van der Waals surface area contributed by atoms with Crippen LogP contribution in [0.15, 0.2) is 17.8 Å². The van der Waals surface area contributed by atoms with E-state index in [2.05, 4.69) is 17.1 Å². The van der Waals surface area contributed by atoms with E-state index < -0.39 is 6.03 Å². The maximum Gasteiger partial charge on any atom is 0.332 e. The summed E-state index contributed by atoms with van der Waals surface area (Å²) in [6, 6.07) is -0.628. The van der Waals surface area contributed by atoms with Gasteiger partial charge in [-0.1, -0.05) is 19.9 Å². The van der Waals surface area contributed by atoms with Gasteiger partial charge in [-0.2, -0.15) is 5.10 Å². The van der Waals surface area contributed by atoms with E-state index in [0.717, 1.165) is 18.6 Å². The van der Waals surface area contributed by atoms with Crippen LogP contribution in [0.1, 0.15) is 26.7 Å². The largest absolute Gasteiger partial charge is 0.350 e. The van der Waals surface area contributed by atoms with E-state index in [1.807, 2.05) is 19.9 Å². The first kappa shape index (κ1) is 11.7. The van der Waals surface area contributed by atoms with E-state index >= 15 is 0 Å². The lowest BCUT2D eigenvalue weighted by atomic mass is 10.0. The van der Waals surface area contributed by atoms with Gasteiger partial charge in [-0.3, -0.25) is 0 Å². The Kier molecular flexibility index (Phi) is 5.59. The minimum absolute atomic E-state index is 0.369. The van der Waals surface area contributed by atoms with Gasteiger partial charge in [-0.25, -0.2) is 10.2 Å². The van der Waals surface area contributed by atoms with Crippen molar-refractivity contribution in [1.29, 1.82) is 0 Å². The van der Waals surface area contributed by atoms with Gasteiger partial charge in [0.15, 0.2) is 0 Å². The van der Waals surface area contributed by atoms with Crippen molar-refractivity contribution in [3.8, 4) is 0 Å². The minimum Gasteiger partial charge on any atom is -0.350 e. The highest BCUT2D eigenvalue weighted by Gasteiger charge is 2.02. The number of hydrogen-bond acceptors (Lipinski definition) is 2. The quantitative estimate of drug-likeness (QED) is 0.379. The molecule has 0 spiro atoms. The second kappa shape index (κ2) is 6.22. The fourth-order valence-corrected chi connectivity index (χ4v) is 0.858. The smallest absolute Gasteiger partial charge is 0.332 e. The van der Waals surface area contributed by atoms with Crippen LogP contribution in [0.4, 0.5) is 4.79 Å². The Labute approximate surface area is 78.9 Å². The van der Waals surface area contributed by atoms with E-state index in [1.54, 1.807) is 0 Å². The molecule has 0 aromatic carbocycles. The van der Waals surface area contributed by atoms with Crippen molar-refractivity contribution >= 4 is 11.7 Å². The van der Waals surface area contributed by atoms with Crippen molar-refractivity contribution in [2.75, 3.05) is 0 Å². The number of carbonyl (C=O) groups excluding carboxylic acids is 1. The highest BCUT2D eigenvalue weighted by atomic mass is 16.2. The predicted octanol–water partition coefficient (Wildman–Crippen LogP) is 1.63. The summed E-state index contributed by atoms with van der Waals surface area (Å²) < 4.78 is 0. The van der Waals surface area contributed by atoms with Gasteiger partial charge in [0.05, 0.1) is 0 Å². The third-order valence-electron chi connectivity index (χ3n) is 1.69. The molecule has 4 nitrogen and oxygen atoms in total. The molecule has 0 unspecified atom stereocenters. The lowest BCUT2D eigenvalue weighted by molar-refractivity contribution is 0.249. The van der Waals surface area contributed by atoms with Gasteiger partial charge in [0, 0.05) is 5.71 Å². The van der Waals surface area contributed by atoms with Crippen LogP contribution in [0.25, 0.3) is 0 Å². The van der Waals surface area contributed by atoms with Gasteiger partial charge in [0.25, 0.3) is 0 Å². The van der Waals surface area contributed by atoms with Crippen LogP contribution in [0.2, 0.25) is 0 Å². The third-order valence-corrected chi connectivity index (χ3v) is 1.69. The molecule has 0 saturated heterocycles. The van der Waals surface area contributed by atoms with Gasteiger partial charge >= 0.3 is 6.03 Å². The first-order valence-electron chi connectivity index (χ1n) is 4.33. The molecule has 0 radical (unpaired) electrons. The number of hydrazone groups is 1. The Bertz CT molecular complexity index is 211. The number of allylic oxidation sites excluding steroid dienone is 1. The molecule has 1 atom stereocenters. The van der Waals surface area contributed by atoms with Crippen LogP contribution in [-0.2, 0) is 0 Å².